The molecule has 0 aliphatic rings. The minimum Gasteiger partial charge on any atom is -0.400 e. The van der Waals surface area contributed by atoms with Crippen LogP contribution in [0.5, 0.6) is 0 Å². The second-order valence-electron chi connectivity index (χ2n) is 1.87. The zero-order valence-electron chi connectivity index (χ0n) is 5.63. The molecule has 0 aromatic heterocycles. The highest BCUT2D eigenvalue weighted by atomic mass is 32.2. The Morgan fingerprint density at radius 1 is 1.89 bits per heavy atom. The van der Waals surface area contributed by atoms with Crippen LogP contribution >= 0.6 is 11.8 Å². The topological polar surface area (TPSA) is 46.2 Å². The summed E-state index contributed by atoms with van der Waals surface area (Å²) in [6.45, 7) is 3.43. The van der Waals surface area contributed by atoms with Crippen molar-refractivity contribution in [2.75, 3.05) is 12.0 Å². The molecule has 0 rings (SSSR count). The second-order valence-corrected chi connectivity index (χ2v) is 2.86. The predicted molar refractivity (Wildman–Crippen MR) is 42.3 cm³/mol. The van der Waals surface area contributed by atoms with Crippen molar-refractivity contribution in [3.8, 4) is 0 Å². The molecular formula is C6H13NOS. The van der Waals surface area contributed by atoms with E-state index >= 15 is 0 Å². The summed E-state index contributed by atoms with van der Waals surface area (Å²) in [6.07, 6.45) is 2.18. The predicted octanol–water partition coefficient (Wildman–Crippen LogP) is 0.573. The van der Waals surface area contributed by atoms with Gasteiger partial charge in [0.05, 0.1) is 6.10 Å². The van der Waals surface area contributed by atoms with Gasteiger partial charge in [-0.05, 0) is 18.4 Å². The molecule has 0 aromatic carbocycles. The molecule has 0 aliphatic heterocycles. The summed E-state index contributed by atoms with van der Waals surface area (Å²) in [5.74, 6) is 0.928. The Morgan fingerprint density at radius 3 is 2.78 bits per heavy atom. The average Bonchev–Trinajstić information content (AvgIpc) is 1.82. The number of hydrogen-bond donors (Lipinski definition) is 2. The first-order valence-corrected chi connectivity index (χ1v) is 4.19. The van der Waals surface area contributed by atoms with Crippen molar-refractivity contribution < 1.29 is 5.11 Å². The fraction of sp³-hybridized carbons (Fsp3) is 0.667. The highest BCUT2D eigenvalue weighted by molar-refractivity contribution is 7.98. The summed E-state index contributed by atoms with van der Waals surface area (Å²) in [7, 11) is 0. The van der Waals surface area contributed by atoms with Gasteiger partial charge in [-0.3, -0.25) is 0 Å². The van der Waals surface area contributed by atoms with Crippen molar-refractivity contribution in [1.82, 2.24) is 0 Å². The molecule has 9 heavy (non-hydrogen) atoms. The first-order valence-electron chi connectivity index (χ1n) is 2.79. The number of aliphatic hydroxyl groups excluding tert-OH is 1. The van der Waals surface area contributed by atoms with Crippen LogP contribution in [0.1, 0.15) is 6.42 Å². The van der Waals surface area contributed by atoms with Gasteiger partial charge < -0.3 is 10.8 Å². The van der Waals surface area contributed by atoms with Crippen molar-refractivity contribution in [1.29, 1.82) is 0 Å². The molecule has 0 aromatic rings. The van der Waals surface area contributed by atoms with E-state index < -0.39 is 6.10 Å². The van der Waals surface area contributed by atoms with E-state index in [-0.39, 0.29) is 0 Å². The quantitative estimate of drug-likeness (QED) is 0.611. The van der Waals surface area contributed by atoms with Crippen LogP contribution < -0.4 is 5.73 Å². The molecule has 1 unspecified atom stereocenters. The third-order valence-corrected chi connectivity index (χ3v) is 1.67. The lowest BCUT2D eigenvalue weighted by Crippen LogP contribution is -2.16. The molecule has 3 heteroatoms. The summed E-state index contributed by atoms with van der Waals surface area (Å²) >= 11 is 1.69. The van der Waals surface area contributed by atoms with Crippen molar-refractivity contribution in [3.63, 3.8) is 0 Å². The van der Waals surface area contributed by atoms with Gasteiger partial charge in [-0.2, -0.15) is 11.8 Å². The monoisotopic (exact) mass is 147 g/mol. The Morgan fingerprint density at radius 2 is 2.44 bits per heavy atom. The fourth-order valence-corrected chi connectivity index (χ4v) is 0.874. The lowest BCUT2D eigenvalue weighted by molar-refractivity contribution is 0.207. The van der Waals surface area contributed by atoms with Gasteiger partial charge in [0.2, 0.25) is 0 Å². The lowest BCUT2D eigenvalue weighted by atomic mass is 10.2. The molecule has 0 aliphatic carbocycles. The first-order chi connectivity index (χ1) is 4.18. The van der Waals surface area contributed by atoms with E-state index in [0.29, 0.717) is 12.1 Å². The standard InChI is InChI=1S/C6H13NOS/c1-5(7)6(8)3-4-9-2/h6,8H,1,3-4,7H2,2H3. The zero-order valence-corrected chi connectivity index (χ0v) is 6.45. The highest BCUT2D eigenvalue weighted by Crippen LogP contribution is 2.02. The summed E-state index contributed by atoms with van der Waals surface area (Å²) in [5, 5.41) is 9.02. The molecular weight excluding hydrogens is 134 g/mol. The zero-order chi connectivity index (χ0) is 7.28. The van der Waals surface area contributed by atoms with Crippen LogP contribution in [0.3, 0.4) is 0 Å². The summed E-state index contributed by atoms with van der Waals surface area (Å²) in [6, 6.07) is 0. The van der Waals surface area contributed by atoms with Gasteiger partial charge >= 0.3 is 0 Å². The van der Waals surface area contributed by atoms with E-state index in [4.69, 9.17) is 10.8 Å². The molecule has 0 saturated carbocycles. The normalized spacial score (nSPS) is 13.1. The molecule has 0 bridgehead atoms. The van der Waals surface area contributed by atoms with Crippen molar-refractivity contribution in [2.24, 2.45) is 5.73 Å². The SMILES string of the molecule is C=C(N)C(O)CCSC. The van der Waals surface area contributed by atoms with E-state index in [2.05, 4.69) is 6.58 Å². The largest absolute Gasteiger partial charge is 0.400 e. The Labute approximate surface area is 60.1 Å². The van der Waals surface area contributed by atoms with E-state index in [0.717, 1.165) is 5.75 Å². The Hall–Kier alpha value is -0.150. The van der Waals surface area contributed by atoms with E-state index in [9.17, 15) is 0 Å². The van der Waals surface area contributed by atoms with E-state index in [1.54, 1.807) is 11.8 Å². The number of nitrogens with two attached hydrogens (primary N) is 1. The Kier molecular flexibility index (Phi) is 4.62. The molecule has 0 spiro atoms. The van der Waals surface area contributed by atoms with Crippen molar-refractivity contribution in [3.05, 3.63) is 12.3 Å². The molecule has 54 valence electrons. The van der Waals surface area contributed by atoms with Crippen LogP contribution in [0.25, 0.3) is 0 Å². The number of aliphatic hydroxyl groups is 1. The van der Waals surface area contributed by atoms with Gasteiger partial charge in [0, 0.05) is 5.70 Å². The molecule has 0 fully saturated rings. The Bertz CT molecular complexity index is 95.1. The molecule has 1 atom stereocenters. The van der Waals surface area contributed by atoms with Gasteiger partial charge in [-0.15, -0.1) is 0 Å². The van der Waals surface area contributed by atoms with Crippen LogP contribution in [0.15, 0.2) is 12.3 Å². The minimum atomic E-state index is -0.516. The molecule has 0 saturated heterocycles. The van der Waals surface area contributed by atoms with Crippen molar-refractivity contribution >= 4 is 11.8 Å². The van der Waals surface area contributed by atoms with Crippen LogP contribution in [0, 0.1) is 0 Å². The average molecular weight is 147 g/mol. The molecule has 2 nitrogen and oxygen atoms in total. The van der Waals surface area contributed by atoms with Gasteiger partial charge in [0.25, 0.3) is 0 Å². The van der Waals surface area contributed by atoms with E-state index in [1.165, 1.54) is 0 Å². The maximum absolute atomic E-state index is 9.02. The smallest absolute Gasteiger partial charge is 0.0934 e. The minimum absolute atomic E-state index is 0.365. The third kappa shape index (κ3) is 4.36. The van der Waals surface area contributed by atoms with Gasteiger partial charge in [-0.25, -0.2) is 0 Å². The van der Waals surface area contributed by atoms with Gasteiger partial charge in [0.1, 0.15) is 0 Å². The van der Waals surface area contributed by atoms with Crippen LogP contribution in [-0.2, 0) is 0 Å². The molecule has 0 amide bonds. The molecule has 0 radical (unpaired) electrons. The Balaban J connectivity index is 3.27. The van der Waals surface area contributed by atoms with Crippen LogP contribution in [-0.4, -0.2) is 23.2 Å². The maximum atomic E-state index is 9.02. The number of hydrogen-bond acceptors (Lipinski definition) is 3. The van der Waals surface area contributed by atoms with Gasteiger partial charge in [-0.1, -0.05) is 6.58 Å². The summed E-state index contributed by atoms with van der Waals surface area (Å²) < 4.78 is 0. The summed E-state index contributed by atoms with van der Waals surface area (Å²) in [5.41, 5.74) is 5.59. The fourth-order valence-electron chi connectivity index (χ4n) is 0.415. The number of rotatable bonds is 4. The third-order valence-electron chi connectivity index (χ3n) is 1.02. The number of thioether (sulfide) groups is 1. The van der Waals surface area contributed by atoms with E-state index in [1.807, 2.05) is 6.26 Å². The molecule has 3 N–H and O–H groups in total. The van der Waals surface area contributed by atoms with Crippen LogP contribution in [0.2, 0.25) is 0 Å². The highest BCUT2D eigenvalue weighted by Gasteiger charge is 2.02. The molecule has 0 heterocycles. The second kappa shape index (κ2) is 4.70. The maximum Gasteiger partial charge on any atom is 0.0934 e. The summed E-state index contributed by atoms with van der Waals surface area (Å²) in [4.78, 5) is 0. The van der Waals surface area contributed by atoms with Crippen LogP contribution in [0.4, 0.5) is 0 Å². The lowest BCUT2D eigenvalue weighted by Gasteiger charge is -2.07. The van der Waals surface area contributed by atoms with Crippen molar-refractivity contribution in [2.45, 2.75) is 12.5 Å². The first kappa shape index (κ1) is 8.85. The van der Waals surface area contributed by atoms with Gasteiger partial charge in [0.15, 0.2) is 0 Å².